The fourth-order valence-electron chi connectivity index (χ4n) is 2.78. The largest absolute Gasteiger partial charge is 0.481 e. The molecule has 2 N–H and O–H groups in total. The molecule has 2 heterocycles. The molecule has 6 nitrogen and oxygen atoms in total. The van der Waals surface area contributed by atoms with E-state index in [1.54, 1.807) is 11.3 Å². The minimum Gasteiger partial charge on any atom is -0.481 e. The van der Waals surface area contributed by atoms with Crippen LogP contribution in [0.1, 0.15) is 41.1 Å². The van der Waals surface area contributed by atoms with Crippen molar-refractivity contribution in [1.82, 2.24) is 9.03 Å². The predicted octanol–water partition coefficient (Wildman–Crippen LogP) is 2.06. The molecule has 1 aromatic heterocycles. The van der Waals surface area contributed by atoms with E-state index in [0.717, 1.165) is 15.3 Å². The zero-order valence-electron chi connectivity index (χ0n) is 13.0. The SMILES string of the molecule is Cc1cc(C(C)NS(=O)(=O)N2CCC(C(=O)O)CC2)c(C)s1. The molecular formula is C14H22N2O4S2. The van der Waals surface area contributed by atoms with E-state index in [1.165, 1.54) is 4.31 Å². The number of piperidine rings is 1. The number of nitrogens with zero attached hydrogens (tertiary/aromatic N) is 1. The van der Waals surface area contributed by atoms with Gasteiger partial charge in [-0.2, -0.15) is 17.4 Å². The van der Waals surface area contributed by atoms with Gasteiger partial charge in [0.25, 0.3) is 10.2 Å². The van der Waals surface area contributed by atoms with E-state index in [2.05, 4.69) is 4.72 Å². The average molecular weight is 346 g/mol. The van der Waals surface area contributed by atoms with Gasteiger partial charge in [0.2, 0.25) is 0 Å². The second-order valence-corrected chi connectivity index (χ2v) is 8.89. The second-order valence-electron chi connectivity index (χ2n) is 5.72. The molecule has 1 saturated heterocycles. The molecule has 0 bridgehead atoms. The van der Waals surface area contributed by atoms with Crippen molar-refractivity contribution in [3.8, 4) is 0 Å². The van der Waals surface area contributed by atoms with Crippen LogP contribution in [0.3, 0.4) is 0 Å². The summed E-state index contributed by atoms with van der Waals surface area (Å²) in [5.74, 6) is -1.28. The molecule has 0 amide bonds. The summed E-state index contributed by atoms with van der Waals surface area (Å²) in [6.45, 7) is 6.31. The van der Waals surface area contributed by atoms with Gasteiger partial charge in [-0.15, -0.1) is 11.3 Å². The molecule has 22 heavy (non-hydrogen) atoms. The molecule has 0 aromatic carbocycles. The molecule has 1 atom stereocenters. The van der Waals surface area contributed by atoms with Gasteiger partial charge in [-0.25, -0.2) is 0 Å². The maximum Gasteiger partial charge on any atom is 0.306 e. The third-order valence-electron chi connectivity index (χ3n) is 4.01. The number of nitrogens with one attached hydrogen (secondary N) is 1. The van der Waals surface area contributed by atoms with E-state index in [0.29, 0.717) is 12.8 Å². The first kappa shape index (κ1) is 17.4. The van der Waals surface area contributed by atoms with Gasteiger partial charge in [0, 0.05) is 28.9 Å². The normalized spacial score (nSPS) is 19.2. The van der Waals surface area contributed by atoms with Gasteiger partial charge in [0.15, 0.2) is 0 Å². The Bertz CT molecular complexity index is 646. The van der Waals surface area contributed by atoms with Crippen molar-refractivity contribution in [2.45, 2.75) is 39.7 Å². The molecule has 0 radical (unpaired) electrons. The number of hydrogen-bond acceptors (Lipinski definition) is 4. The van der Waals surface area contributed by atoms with Crippen LogP contribution in [0.2, 0.25) is 0 Å². The van der Waals surface area contributed by atoms with Gasteiger partial charge in [0.1, 0.15) is 0 Å². The molecule has 1 aromatic rings. The van der Waals surface area contributed by atoms with Crippen molar-refractivity contribution in [2.75, 3.05) is 13.1 Å². The summed E-state index contributed by atoms with van der Waals surface area (Å²) in [4.78, 5) is 13.2. The first-order chi connectivity index (χ1) is 10.2. The lowest BCUT2D eigenvalue weighted by Crippen LogP contribution is -2.46. The molecule has 1 unspecified atom stereocenters. The lowest BCUT2D eigenvalue weighted by Gasteiger charge is -2.30. The standard InChI is InChI=1S/C14H22N2O4S2/c1-9-8-13(11(3)21-9)10(2)15-22(19,20)16-6-4-12(5-7-16)14(17)18/h8,10,12,15H,4-7H2,1-3H3,(H,17,18). The van der Waals surface area contributed by atoms with Crippen molar-refractivity contribution < 1.29 is 18.3 Å². The highest BCUT2D eigenvalue weighted by Gasteiger charge is 2.32. The fourth-order valence-corrected chi connectivity index (χ4v) is 5.22. The maximum atomic E-state index is 12.4. The van der Waals surface area contributed by atoms with Crippen LogP contribution >= 0.6 is 11.3 Å². The molecule has 1 aliphatic heterocycles. The van der Waals surface area contributed by atoms with Gasteiger partial charge < -0.3 is 5.11 Å². The Labute approximate surface area is 135 Å². The maximum absolute atomic E-state index is 12.4. The van der Waals surface area contributed by atoms with E-state index >= 15 is 0 Å². The minimum absolute atomic E-state index is 0.251. The minimum atomic E-state index is -3.59. The Morgan fingerprint density at radius 2 is 2.00 bits per heavy atom. The van der Waals surface area contributed by atoms with Crippen molar-refractivity contribution in [3.05, 3.63) is 21.4 Å². The highest BCUT2D eigenvalue weighted by molar-refractivity contribution is 7.87. The van der Waals surface area contributed by atoms with Crippen LogP contribution in [-0.4, -0.2) is 36.9 Å². The molecule has 0 saturated carbocycles. The number of hydrogen-bond donors (Lipinski definition) is 2. The Kier molecular flexibility index (Phi) is 5.26. The summed E-state index contributed by atoms with van der Waals surface area (Å²) < 4.78 is 28.9. The van der Waals surface area contributed by atoms with Gasteiger partial charge in [-0.1, -0.05) is 0 Å². The highest BCUT2D eigenvalue weighted by atomic mass is 32.2. The van der Waals surface area contributed by atoms with Crippen LogP contribution in [0.25, 0.3) is 0 Å². The first-order valence-electron chi connectivity index (χ1n) is 7.28. The average Bonchev–Trinajstić information content (AvgIpc) is 2.77. The van der Waals surface area contributed by atoms with Crippen LogP contribution in [0, 0.1) is 19.8 Å². The summed E-state index contributed by atoms with van der Waals surface area (Å²) in [6.07, 6.45) is 0.725. The van der Waals surface area contributed by atoms with Gasteiger partial charge in [-0.05, 0) is 45.2 Å². The Balaban J connectivity index is 2.02. The summed E-state index contributed by atoms with van der Waals surface area (Å²) in [5, 5.41) is 8.97. The van der Waals surface area contributed by atoms with Gasteiger partial charge in [-0.3, -0.25) is 4.79 Å². The van der Waals surface area contributed by atoms with Gasteiger partial charge in [0.05, 0.1) is 5.92 Å². The smallest absolute Gasteiger partial charge is 0.306 e. The molecule has 8 heteroatoms. The Morgan fingerprint density at radius 3 is 2.45 bits per heavy atom. The Hall–Kier alpha value is -0.960. The summed E-state index contributed by atoms with van der Waals surface area (Å²) in [7, 11) is -3.59. The number of carbonyl (C=O) groups is 1. The number of aryl methyl sites for hydroxylation is 2. The zero-order valence-corrected chi connectivity index (χ0v) is 14.6. The summed E-state index contributed by atoms with van der Waals surface area (Å²) in [6, 6.07) is 1.70. The van der Waals surface area contributed by atoms with Crippen LogP contribution < -0.4 is 4.72 Å². The van der Waals surface area contributed by atoms with E-state index < -0.39 is 22.1 Å². The third-order valence-corrected chi connectivity index (χ3v) is 6.69. The third kappa shape index (κ3) is 3.87. The Morgan fingerprint density at radius 1 is 1.41 bits per heavy atom. The lowest BCUT2D eigenvalue weighted by molar-refractivity contribution is -0.142. The van der Waals surface area contributed by atoms with E-state index in [1.807, 2.05) is 26.8 Å². The molecular weight excluding hydrogens is 324 g/mol. The number of carboxylic acids is 1. The fraction of sp³-hybridized carbons (Fsp3) is 0.643. The number of rotatable bonds is 5. The van der Waals surface area contributed by atoms with Crippen LogP contribution in [0.5, 0.6) is 0 Å². The highest BCUT2D eigenvalue weighted by Crippen LogP contribution is 2.27. The first-order valence-corrected chi connectivity index (χ1v) is 9.53. The molecule has 0 aliphatic carbocycles. The van der Waals surface area contributed by atoms with Crippen molar-refractivity contribution in [2.24, 2.45) is 5.92 Å². The molecule has 2 rings (SSSR count). The quantitative estimate of drug-likeness (QED) is 0.854. The van der Waals surface area contributed by atoms with Gasteiger partial charge >= 0.3 is 5.97 Å². The van der Waals surface area contributed by atoms with Crippen LogP contribution in [0.15, 0.2) is 6.07 Å². The second kappa shape index (κ2) is 6.66. The molecule has 0 spiro atoms. The summed E-state index contributed by atoms with van der Waals surface area (Å²) >= 11 is 1.65. The number of carboxylic acid groups (broad SMARTS) is 1. The van der Waals surface area contributed by atoms with E-state index in [-0.39, 0.29) is 19.1 Å². The lowest BCUT2D eigenvalue weighted by atomic mass is 9.99. The van der Waals surface area contributed by atoms with Crippen molar-refractivity contribution >= 4 is 27.5 Å². The molecule has 1 fully saturated rings. The monoisotopic (exact) mass is 346 g/mol. The van der Waals surface area contributed by atoms with Crippen LogP contribution in [-0.2, 0) is 15.0 Å². The zero-order chi connectivity index (χ0) is 16.5. The topological polar surface area (TPSA) is 86.7 Å². The summed E-state index contributed by atoms with van der Waals surface area (Å²) in [5.41, 5.74) is 0.992. The number of thiophene rings is 1. The van der Waals surface area contributed by atoms with E-state index in [9.17, 15) is 13.2 Å². The number of aliphatic carboxylic acids is 1. The van der Waals surface area contributed by atoms with E-state index in [4.69, 9.17) is 5.11 Å². The molecule has 1 aliphatic rings. The van der Waals surface area contributed by atoms with Crippen molar-refractivity contribution in [3.63, 3.8) is 0 Å². The molecule has 124 valence electrons. The predicted molar refractivity (Wildman–Crippen MR) is 86.2 cm³/mol. The van der Waals surface area contributed by atoms with Crippen LogP contribution in [0.4, 0.5) is 0 Å². The van der Waals surface area contributed by atoms with Crippen molar-refractivity contribution in [1.29, 1.82) is 0 Å².